The van der Waals surface area contributed by atoms with Crippen LogP contribution in [0, 0.1) is 0 Å². The predicted octanol–water partition coefficient (Wildman–Crippen LogP) is 4.81. The van der Waals surface area contributed by atoms with Crippen molar-refractivity contribution in [2.24, 2.45) is 0 Å². The van der Waals surface area contributed by atoms with Gasteiger partial charge in [0, 0.05) is 35.5 Å². The van der Waals surface area contributed by atoms with Crippen molar-refractivity contribution < 1.29 is 14.3 Å². The van der Waals surface area contributed by atoms with E-state index in [-0.39, 0.29) is 11.5 Å². The lowest BCUT2D eigenvalue weighted by Crippen LogP contribution is -2.40. The molecular formula is C27H24ClN3O4S. The summed E-state index contributed by atoms with van der Waals surface area (Å²) in [7, 11) is 1.59. The quantitative estimate of drug-likeness (QED) is 0.268. The highest BCUT2D eigenvalue weighted by Crippen LogP contribution is 2.27. The van der Waals surface area contributed by atoms with E-state index in [1.807, 2.05) is 42.5 Å². The molecule has 4 aromatic rings. The number of hydrogen-bond donors (Lipinski definition) is 0. The molecule has 7 nitrogen and oxygen atoms in total. The third kappa shape index (κ3) is 5.11. The molecule has 1 aliphatic heterocycles. The van der Waals surface area contributed by atoms with Gasteiger partial charge in [-0.2, -0.15) is 0 Å². The van der Waals surface area contributed by atoms with Gasteiger partial charge in [0.1, 0.15) is 5.75 Å². The lowest BCUT2D eigenvalue weighted by molar-refractivity contribution is 0.0303. The fraction of sp³-hybridized carbons (Fsp3) is 0.222. The van der Waals surface area contributed by atoms with Crippen LogP contribution < -0.4 is 10.3 Å². The molecule has 0 unspecified atom stereocenters. The number of thioether (sulfide) groups is 1. The fourth-order valence-electron chi connectivity index (χ4n) is 4.10. The Balaban J connectivity index is 1.59. The van der Waals surface area contributed by atoms with E-state index in [1.54, 1.807) is 40.8 Å². The van der Waals surface area contributed by atoms with Crippen molar-refractivity contribution in [1.29, 1.82) is 0 Å². The van der Waals surface area contributed by atoms with Crippen molar-refractivity contribution in [3.8, 4) is 11.4 Å². The topological polar surface area (TPSA) is 73.7 Å². The van der Waals surface area contributed by atoms with E-state index in [4.69, 9.17) is 26.1 Å². The Bertz CT molecular complexity index is 1480. The zero-order valence-corrected chi connectivity index (χ0v) is 21.2. The zero-order chi connectivity index (χ0) is 25.1. The molecule has 1 fully saturated rings. The number of aromatic nitrogens is 2. The number of ether oxygens (including phenoxy) is 2. The first-order chi connectivity index (χ1) is 17.5. The number of amides is 1. The largest absolute Gasteiger partial charge is 0.497 e. The number of rotatable bonds is 6. The smallest absolute Gasteiger partial charge is 0.266 e. The van der Waals surface area contributed by atoms with Crippen LogP contribution in [-0.2, 0) is 10.5 Å². The lowest BCUT2D eigenvalue weighted by Gasteiger charge is -2.26. The van der Waals surface area contributed by atoms with Gasteiger partial charge in [-0.25, -0.2) is 4.98 Å². The minimum absolute atomic E-state index is 0.0906. The average Bonchev–Trinajstić information content (AvgIpc) is 2.92. The molecule has 5 rings (SSSR count). The molecule has 0 radical (unpaired) electrons. The Labute approximate surface area is 217 Å². The predicted molar refractivity (Wildman–Crippen MR) is 142 cm³/mol. The van der Waals surface area contributed by atoms with Gasteiger partial charge in [0.25, 0.3) is 11.5 Å². The molecule has 0 atom stereocenters. The molecule has 0 aliphatic carbocycles. The van der Waals surface area contributed by atoms with Crippen LogP contribution in [0.15, 0.2) is 76.7 Å². The van der Waals surface area contributed by atoms with Gasteiger partial charge in [-0.3, -0.25) is 14.2 Å². The lowest BCUT2D eigenvalue weighted by atomic mass is 10.1. The molecular weight excluding hydrogens is 498 g/mol. The summed E-state index contributed by atoms with van der Waals surface area (Å²) in [5, 5.41) is 1.59. The minimum Gasteiger partial charge on any atom is -0.497 e. The van der Waals surface area contributed by atoms with E-state index in [9.17, 15) is 9.59 Å². The van der Waals surface area contributed by atoms with Crippen molar-refractivity contribution in [1.82, 2.24) is 14.5 Å². The number of fused-ring (bicyclic) bond motifs is 1. The molecule has 3 aromatic carbocycles. The number of methoxy groups -OCH3 is 1. The Kier molecular flexibility index (Phi) is 7.27. The molecule has 1 aliphatic rings. The van der Waals surface area contributed by atoms with Crippen molar-refractivity contribution >= 4 is 40.2 Å². The van der Waals surface area contributed by atoms with Crippen LogP contribution >= 0.6 is 23.4 Å². The van der Waals surface area contributed by atoms with Crippen molar-refractivity contribution in [2.45, 2.75) is 10.9 Å². The molecule has 9 heteroatoms. The first kappa shape index (κ1) is 24.4. The average molecular weight is 522 g/mol. The van der Waals surface area contributed by atoms with Gasteiger partial charge < -0.3 is 14.4 Å². The maximum Gasteiger partial charge on any atom is 0.266 e. The van der Waals surface area contributed by atoms with Gasteiger partial charge in [-0.15, -0.1) is 0 Å². The molecule has 0 bridgehead atoms. The fourth-order valence-corrected chi connectivity index (χ4v) is 5.26. The molecule has 1 aromatic heterocycles. The molecule has 1 amide bonds. The normalized spacial score (nSPS) is 13.7. The highest BCUT2D eigenvalue weighted by molar-refractivity contribution is 7.98. The minimum atomic E-state index is -0.216. The monoisotopic (exact) mass is 521 g/mol. The standard InChI is InChI=1S/C27H24ClN3O4S/c1-34-22-7-3-6-21(16-22)31-26(33)23-9-8-19(25(32)30-10-12-35-13-11-30)15-24(23)29-27(31)36-17-18-4-2-5-20(28)14-18/h2-9,14-16H,10-13,17H2,1H3. The second-order valence-corrected chi connectivity index (χ2v) is 9.67. The Morgan fingerprint density at radius 1 is 1.08 bits per heavy atom. The number of nitrogens with zero attached hydrogens (tertiary/aromatic N) is 3. The molecule has 0 spiro atoms. The summed E-state index contributed by atoms with van der Waals surface area (Å²) >= 11 is 7.59. The number of benzene rings is 3. The Hall–Kier alpha value is -3.33. The van der Waals surface area contributed by atoms with Crippen molar-refractivity contribution in [3.05, 3.63) is 93.2 Å². The van der Waals surface area contributed by atoms with Gasteiger partial charge in [0.05, 0.1) is 36.9 Å². The number of carbonyl (C=O) groups excluding carboxylic acids is 1. The summed E-state index contributed by atoms with van der Waals surface area (Å²) in [4.78, 5) is 33.4. The summed E-state index contributed by atoms with van der Waals surface area (Å²) in [6.45, 7) is 2.13. The van der Waals surface area contributed by atoms with E-state index >= 15 is 0 Å². The van der Waals surface area contributed by atoms with Crippen LogP contribution in [0.4, 0.5) is 0 Å². The number of morpholine rings is 1. The van der Waals surface area contributed by atoms with E-state index in [2.05, 4.69) is 0 Å². The molecule has 0 saturated carbocycles. The van der Waals surface area contributed by atoms with Crippen LogP contribution in [-0.4, -0.2) is 53.8 Å². The van der Waals surface area contributed by atoms with Crippen LogP contribution in [0.25, 0.3) is 16.6 Å². The molecule has 1 saturated heterocycles. The Morgan fingerprint density at radius 3 is 2.67 bits per heavy atom. The summed E-state index contributed by atoms with van der Waals surface area (Å²) < 4.78 is 12.3. The maximum atomic E-state index is 13.7. The molecule has 36 heavy (non-hydrogen) atoms. The summed E-state index contributed by atoms with van der Waals surface area (Å²) in [6, 6.07) is 20.0. The summed E-state index contributed by atoms with van der Waals surface area (Å²) in [5.74, 6) is 1.11. The molecule has 0 N–H and O–H groups in total. The highest BCUT2D eigenvalue weighted by atomic mass is 35.5. The van der Waals surface area contributed by atoms with Crippen molar-refractivity contribution in [2.75, 3.05) is 33.4 Å². The first-order valence-corrected chi connectivity index (χ1v) is 12.9. The van der Waals surface area contributed by atoms with E-state index in [0.717, 1.165) is 5.56 Å². The highest BCUT2D eigenvalue weighted by Gasteiger charge is 2.21. The van der Waals surface area contributed by atoms with Gasteiger partial charge in [0.2, 0.25) is 0 Å². The third-order valence-corrected chi connectivity index (χ3v) is 7.20. The number of carbonyl (C=O) groups is 1. The van der Waals surface area contributed by atoms with Gasteiger partial charge in [-0.05, 0) is 48.0 Å². The van der Waals surface area contributed by atoms with Crippen LogP contribution in [0.1, 0.15) is 15.9 Å². The first-order valence-electron chi connectivity index (χ1n) is 11.5. The molecule has 2 heterocycles. The number of hydrogen-bond acceptors (Lipinski definition) is 6. The van der Waals surface area contributed by atoms with Gasteiger partial charge in [-0.1, -0.05) is 41.6 Å². The van der Waals surface area contributed by atoms with Crippen molar-refractivity contribution in [3.63, 3.8) is 0 Å². The summed E-state index contributed by atoms with van der Waals surface area (Å²) in [6.07, 6.45) is 0. The second kappa shape index (κ2) is 10.7. The zero-order valence-electron chi connectivity index (χ0n) is 19.6. The van der Waals surface area contributed by atoms with Crippen LogP contribution in [0.5, 0.6) is 5.75 Å². The number of halogens is 1. The SMILES string of the molecule is COc1cccc(-n2c(SCc3cccc(Cl)c3)nc3cc(C(=O)N4CCOCC4)ccc3c2=O)c1. The van der Waals surface area contributed by atoms with E-state index in [1.165, 1.54) is 11.8 Å². The second-order valence-electron chi connectivity index (χ2n) is 8.29. The third-order valence-electron chi connectivity index (χ3n) is 5.95. The van der Waals surface area contributed by atoms with E-state index in [0.29, 0.717) is 70.1 Å². The van der Waals surface area contributed by atoms with Crippen LogP contribution in [0.2, 0.25) is 5.02 Å². The maximum absolute atomic E-state index is 13.7. The van der Waals surface area contributed by atoms with Crippen LogP contribution in [0.3, 0.4) is 0 Å². The van der Waals surface area contributed by atoms with Gasteiger partial charge in [0.15, 0.2) is 5.16 Å². The van der Waals surface area contributed by atoms with E-state index < -0.39 is 0 Å². The molecule has 184 valence electrons. The van der Waals surface area contributed by atoms with Gasteiger partial charge >= 0.3 is 0 Å². The summed E-state index contributed by atoms with van der Waals surface area (Å²) in [5.41, 5.74) is 2.42. The Morgan fingerprint density at radius 2 is 1.89 bits per heavy atom.